The van der Waals surface area contributed by atoms with Crippen molar-refractivity contribution in [3.05, 3.63) is 28.2 Å². The fourth-order valence-electron chi connectivity index (χ4n) is 1.96. The van der Waals surface area contributed by atoms with Crippen molar-refractivity contribution in [2.45, 2.75) is 13.3 Å². The second-order valence-corrected chi connectivity index (χ2v) is 5.12. The predicted octanol–water partition coefficient (Wildman–Crippen LogP) is 1.60. The molecule has 1 atom stereocenters. The van der Waals surface area contributed by atoms with Crippen molar-refractivity contribution in [3.63, 3.8) is 0 Å². The minimum absolute atomic E-state index is 0.0571. The number of primary amides is 1. The predicted molar refractivity (Wildman–Crippen MR) is 68.5 cm³/mol. The van der Waals surface area contributed by atoms with E-state index in [1.54, 1.807) is 4.90 Å². The molecule has 1 saturated heterocycles. The first-order chi connectivity index (χ1) is 7.99. The summed E-state index contributed by atoms with van der Waals surface area (Å²) in [6.07, 6.45) is 0.204. The molecule has 1 aliphatic rings. The maximum Gasteiger partial charge on any atom is 0.227 e. The molecule has 0 radical (unpaired) electrons. The van der Waals surface area contributed by atoms with E-state index in [4.69, 9.17) is 5.73 Å². The molecule has 0 spiro atoms. The molecule has 90 valence electrons. The topological polar surface area (TPSA) is 63.4 Å². The number of rotatable bonds is 2. The summed E-state index contributed by atoms with van der Waals surface area (Å²) in [4.78, 5) is 24.5. The van der Waals surface area contributed by atoms with E-state index in [1.807, 2.05) is 25.1 Å². The van der Waals surface area contributed by atoms with Gasteiger partial charge in [-0.1, -0.05) is 6.07 Å². The summed E-state index contributed by atoms with van der Waals surface area (Å²) in [5.74, 6) is -0.849. The Balaban J connectivity index is 2.29. The van der Waals surface area contributed by atoms with Gasteiger partial charge in [0.05, 0.1) is 11.6 Å². The average molecular weight is 297 g/mol. The van der Waals surface area contributed by atoms with E-state index < -0.39 is 5.91 Å². The number of anilines is 1. The maximum absolute atomic E-state index is 11.8. The molecule has 2 N–H and O–H groups in total. The van der Waals surface area contributed by atoms with Gasteiger partial charge in [0.2, 0.25) is 11.8 Å². The smallest absolute Gasteiger partial charge is 0.227 e. The molecule has 0 saturated carbocycles. The van der Waals surface area contributed by atoms with Crippen LogP contribution in [0.25, 0.3) is 0 Å². The molecule has 1 unspecified atom stereocenters. The lowest BCUT2D eigenvalue weighted by atomic mass is 10.1. The normalized spacial score (nSPS) is 19.8. The fraction of sp³-hybridized carbons (Fsp3) is 0.333. The zero-order valence-corrected chi connectivity index (χ0v) is 11.0. The summed E-state index contributed by atoms with van der Waals surface area (Å²) < 4.78 is 0.857. The van der Waals surface area contributed by atoms with Gasteiger partial charge in [-0.2, -0.15) is 0 Å². The van der Waals surface area contributed by atoms with Crippen LogP contribution < -0.4 is 10.6 Å². The van der Waals surface area contributed by atoms with Crippen molar-refractivity contribution in [2.75, 3.05) is 11.4 Å². The zero-order valence-electron chi connectivity index (χ0n) is 9.44. The first-order valence-corrected chi connectivity index (χ1v) is 6.14. The van der Waals surface area contributed by atoms with Crippen LogP contribution in [0.3, 0.4) is 0 Å². The zero-order chi connectivity index (χ0) is 12.6. The van der Waals surface area contributed by atoms with Crippen LogP contribution in [0.15, 0.2) is 22.7 Å². The maximum atomic E-state index is 11.8. The highest BCUT2D eigenvalue weighted by molar-refractivity contribution is 9.10. The summed E-state index contributed by atoms with van der Waals surface area (Å²) in [6.45, 7) is 2.35. The minimum atomic E-state index is -0.413. The first-order valence-electron chi connectivity index (χ1n) is 5.35. The number of carbonyl (C=O) groups is 2. The van der Waals surface area contributed by atoms with Gasteiger partial charge in [-0.15, -0.1) is 0 Å². The van der Waals surface area contributed by atoms with E-state index in [2.05, 4.69) is 15.9 Å². The summed E-state index contributed by atoms with van der Waals surface area (Å²) >= 11 is 3.43. The number of nitrogens with zero attached hydrogens (tertiary/aromatic N) is 1. The molecule has 2 rings (SSSR count). The Hall–Kier alpha value is -1.36. The molecule has 1 aliphatic heterocycles. The Morgan fingerprint density at radius 2 is 2.24 bits per heavy atom. The molecule has 4 nitrogen and oxygen atoms in total. The molecule has 1 heterocycles. The number of halogens is 1. The van der Waals surface area contributed by atoms with Crippen LogP contribution in [0.1, 0.15) is 12.0 Å². The summed E-state index contributed by atoms with van der Waals surface area (Å²) in [7, 11) is 0. The third-order valence-corrected chi connectivity index (χ3v) is 3.56. The largest absolute Gasteiger partial charge is 0.369 e. The Labute approximate surface area is 108 Å². The van der Waals surface area contributed by atoms with Crippen LogP contribution in [0.2, 0.25) is 0 Å². The van der Waals surface area contributed by atoms with E-state index in [9.17, 15) is 9.59 Å². The van der Waals surface area contributed by atoms with Crippen molar-refractivity contribution in [1.82, 2.24) is 0 Å². The standard InChI is InChI=1S/C12H13BrN2O2/c1-7-2-3-10(9(13)4-7)15-6-8(12(14)17)5-11(15)16/h2-4,8H,5-6H2,1H3,(H2,14,17). The molecule has 0 aromatic heterocycles. The van der Waals surface area contributed by atoms with Crippen LogP contribution in [-0.4, -0.2) is 18.4 Å². The molecule has 2 amide bonds. The van der Waals surface area contributed by atoms with Crippen LogP contribution in [0.5, 0.6) is 0 Å². The number of amides is 2. The number of hydrogen-bond acceptors (Lipinski definition) is 2. The van der Waals surface area contributed by atoms with Gasteiger partial charge in [-0.3, -0.25) is 9.59 Å². The van der Waals surface area contributed by atoms with Crippen molar-refractivity contribution in [1.29, 1.82) is 0 Å². The summed E-state index contributed by atoms with van der Waals surface area (Å²) in [5.41, 5.74) is 7.14. The SMILES string of the molecule is Cc1ccc(N2CC(C(N)=O)CC2=O)c(Br)c1. The van der Waals surface area contributed by atoms with E-state index in [1.165, 1.54) is 0 Å². The van der Waals surface area contributed by atoms with E-state index in [-0.39, 0.29) is 18.2 Å². The van der Waals surface area contributed by atoms with Crippen molar-refractivity contribution in [2.24, 2.45) is 11.7 Å². The second kappa shape index (κ2) is 4.49. The Morgan fingerprint density at radius 3 is 2.76 bits per heavy atom. The fourth-order valence-corrected chi connectivity index (χ4v) is 2.67. The van der Waals surface area contributed by atoms with Crippen LogP contribution in [0.4, 0.5) is 5.69 Å². The molecule has 0 aliphatic carbocycles. The lowest BCUT2D eigenvalue weighted by Gasteiger charge is -2.18. The van der Waals surface area contributed by atoms with Gasteiger partial charge in [0.25, 0.3) is 0 Å². The lowest BCUT2D eigenvalue weighted by molar-refractivity contribution is -0.123. The molecule has 0 bridgehead atoms. The number of carbonyl (C=O) groups excluding carboxylic acids is 2. The number of hydrogen-bond donors (Lipinski definition) is 1. The Bertz CT molecular complexity index is 487. The molecular weight excluding hydrogens is 284 g/mol. The quantitative estimate of drug-likeness (QED) is 0.901. The number of aryl methyl sites for hydroxylation is 1. The van der Waals surface area contributed by atoms with Crippen LogP contribution in [0, 0.1) is 12.8 Å². The van der Waals surface area contributed by atoms with Gasteiger partial charge < -0.3 is 10.6 Å². The van der Waals surface area contributed by atoms with Crippen molar-refractivity contribution < 1.29 is 9.59 Å². The molecule has 5 heteroatoms. The van der Waals surface area contributed by atoms with E-state index in [0.29, 0.717) is 6.54 Å². The average Bonchev–Trinajstić information content (AvgIpc) is 2.61. The van der Waals surface area contributed by atoms with Crippen molar-refractivity contribution >= 4 is 33.4 Å². The summed E-state index contributed by atoms with van der Waals surface area (Å²) in [6, 6.07) is 5.76. The molecular formula is C12H13BrN2O2. The molecule has 1 fully saturated rings. The molecule has 17 heavy (non-hydrogen) atoms. The third-order valence-electron chi connectivity index (χ3n) is 2.92. The van der Waals surface area contributed by atoms with E-state index >= 15 is 0 Å². The van der Waals surface area contributed by atoms with Crippen molar-refractivity contribution in [3.8, 4) is 0 Å². The van der Waals surface area contributed by atoms with Crippen LogP contribution in [-0.2, 0) is 9.59 Å². The van der Waals surface area contributed by atoms with Crippen LogP contribution >= 0.6 is 15.9 Å². The summed E-state index contributed by atoms with van der Waals surface area (Å²) in [5, 5.41) is 0. The number of nitrogens with two attached hydrogens (primary N) is 1. The Morgan fingerprint density at radius 1 is 1.53 bits per heavy atom. The van der Waals surface area contributed by atoms with Gasteiger partial charge >= 0.3 is 0 Å². The highest BCUT2D eigenvalue weighted by Crippen LogP contribution is 2.31. The van der Waals surface area contributed by atoms with Gasteiger partial charge in [-0.05, 0) is 40.5 Å². The van der Waals surface area contributed by atoms with Gasteiger partial charge in [0.15, 0.2) is 0 Å². The van der Waals surface area contributed by atoms with Gasteiger partial charge in [0, 0.05) is 17.4 Å². The Kier molecular flexibility index (Phi) is 3.19. The first kappa shape index (κ1) is 12.1. The monoisotopic (exact) mass is 296 g/mol. The molecule has 1 aromatic carbocycles. The second-order valence-electron chi connectivity index (χ2n) is 4.26. The van der Waals surface area contributed by atoms with Gasteiger partial charge in [0.1, 0.15) is 0 Å². The van der Waals surface area contributed by atoms with Gasteiger partial charge in [-0.25, -0.2) is 0 Å². The highest BCUT2D eigenvalue weighted by Gasteiger charge is 2.34. The number of benzene rings is 1. The highest BCUT2D eigenvalue weighted by atomic mass is 79.9. The molecule has 1 aromatic rings. The third kappa shape index (κ3) is 2.34. The van der Waals surface area contributed by atoms with E-state index in [0.717, 1.165) is 15.7 Å². The lowest BCUT2D eigenvalue weighted by Crippen LogP contribution is -2.28. The minimum Gasteiger partial charge on any atom is -0.369 e.